The number of carboxylic acid groups (broad SMARTS) is 1. The molecule has 0 bridgehead atoms. The molecule has 0 saturated carbocycles. The number of likely N-dealkylation sites (tertiary alicyclic amines) is 1. The Hall–Kier alpha value is -2.14. The van der Waals surface area contributed by atoms with Gasteiger partial charge < -0.3 is 5.11 Å². The van der Waals surface area contributed by atoms with Gasteiger partial charge in [0.05, 0.1) is 5.92 Å². The fourth-order valence-corrected chi connectivity index (χ4v) is 3.08. The van der Waals surface area contributed by atoms with Gasteiger partial charge in [0.25, 0.3) is 0 Å². The smallest absolute Gasteiger partial charge is 0.306 e. The first-order valence-electron chi connectivity index (χ1n) is 7.43. The summed E-state index contributed by atoms with van der Waals surface area (Å²) in [7, 11) is 0. The summed E-state index contributed by atoms with van der Waals surface area (Å²) in [6.45, 7) is 2.28. The van der Waals surface area contributed by atoms with Crippen LogP contribution in [0.15, 0.2) is 36.4 Å². The Kier molecular flexibility index (Phi) is 4.24. The average Bonchev–Trinajstić information content (AvgIpc) is 2.55. The minimum atomic E-state index is -0.699. The predicted octanol–water partition coefficient (Wildman–Crippen LogP) is 3.40. The van der Waals surface area contributed by atoms with Gasteiger partial charge in [-0.15, -0.1) is 0 Å². The minimum absolute atomic E-state index is 0.199. The molecule has 1 fully saturated rings. The Bertz CT molecular complexity index is 681. The quantitative estimate of drug-likeness (QED) is 0.940. The number of nitrogens with zero attached hydrogens (tertiary/aromatic N) is 1. The second-order valence-electron chi connectivity index (χ2n) is 5.77. The lowest BCUT2D eigenvalue weighted by atomic mass is 9.96. The largest absolute Gasteiger partial charge is 0.481 e. The van der Waals surface area contributed by atoms with E-state index in [1.807, 2.05) is 24.3 Å². The summed E-state index contributed by atoms with van der Waals surface area (Å²) < 4.78 is 12.4. The summed E-state index contributed by atoms with van der Waals surface area (Å²) in [5.41, 5.74) is 1.10. The molecule has 22 heavy (non-hydrogen) atoms. The maximum atomic E-state index is 12.4. The predicted molar refractivity (Wildman–Crippen MR) is 81.3 cm³/mol. The van der Waals surface area contributed by atoms with E-state index in [-0.39, 0.29) is 11.7 Å². The Balaban J connectivity index is 1.78. The standard InChI is InChI=1S/C17H18FNO3/c18-22-15-5-4-12-2-1-3-14(16(12)10-15)11-19-8-6-13(7-9-19)17(20)21/h1-5,10,13H,6-9,11H2,(H,20,21). The third-order valence-electron chi connectivity index (χ3n) is 4.36. The zero-order valence-electron chi connectivity index (χ0n) is 12.2. The first-order valence-corrected chi connectivity index (χ1v) is 7.43. The molecule has 1 saturated heterocycles. The highest BCUT2D eigenvalue weighted by atomic mass is 19.3. The van der Waals surface area contributed by atoms with Crippen LogP contribution in [0.25, 0.3) is 10.8 Å². The monoisotopic (exact) mass is 303 g/mol. The molecule has 3 rings (SSSR count). The van der Waals surface area contributed by atoms with Crippen LogP contribution < -0.4 is 4.94 Å². The molecule has 0 unspecified atom stereocenters. The number of rotatable bonds is 4. The molecule has 5 heteroatoms. The molecule has 116 valence electrons. The first-order chi connectivity index (χ1) is 10.7. The number of benzene rings is 2. The SMILES string of the molecule is O=C(O)C1CCN(Cc2cccc3ccc(OF)cc23)CC1. The van der Waals surface area contributed by atoms with Crippen molar-refractivity contribution in [3.63, 3.8) is 0 Å². The Morgan fingerprint density at radius 1 is 1.27 bits per heavy atom. The molecular formula is C17H18FNO3. The number of aliphatic carboxylic acids is 1. The molecule has 1 heterocycles. The van der Waals surface area contributed by atoms with Crippen LogP contribution in [0, 0.1) is 5.92 Å². The molecule has 1 N–H and O–H groups in total. The summed E-state index contributed by atoms with van der Waals surface area (Å²) in [6, 6.07) is 11.1. The number of fused-ring (bicyclic) bond motifs is 1. The lowest BCUT2D eigenvalue weighted by molar-refractivity contribution is -0.143. The van der Waals surface area contributed by atoms with Crippen LogP contribution in [-0.4, -0.2) is 29.1 Å². The number of carboxylic acids is 1. The van der Waals surface area contributed by atoms with Crippen molar-refractivity contribution in [3.8, 4) is 5.75 Å². The highest BCUT2D eigenvalue weighted by Gasteiger charge is 2.24. The Labute approximate surface area is 128 Å². The molecule has 0 aromatic heterocycles. The Morgan fingerprint density at radius 3 is 2.73 bits per heavy atom. The second kappa shape index (κ2) is 6.32. The van der Waals surface area contributed by atoms with Gasteiger partial charge in [-0.1, -0.05) is 24.3 Å². The number of carbonyl (C=O) groups is 1. The number of halogens is 1. The van der Waals surface area contributed by atoms with Crippen LogP contribution in [0.1, 0.15) is 18.4 Å². The van der Waals surface area contributed by atoms with Gasteiger partial charge in [0, 0.05) is 11.1 Å². The Morgan fingerprint density at radius 2 is 2.05 bits per heavy atom. The summed E-state index contributed by atoms with van der Waals surface area (Å²) in [5, 5.41) is 11.1. The van der Waals surface area contributed by atoms with E-state index in [0.717, 1.165) is 36.0 Å². The molecule has 4 nitrogen and oxygen atoms in total. The number of piperidine rings is 1. The van der Waals surface area contributed by atoms with Gasteiger partial charge >= 0.3 is 5.97 Å². The van der Waals surface area contributed by atoms with E-state index in [9.17, 15) is 9.32 Å². The van der Waals surface area contributed by atoms with Crippen molar-refractivity contribution in [3.05, 3.63) is 42.0 Å². The fraction of sp³-hybridized carbons (Fsp3) is 0.353. The van der Waals surface area contributed by atoms with Gasteiger partial charge in [-0.3, -0.25) is 14.6 Å². The minimum Gasteiger partial charge on any atom is -0.481 e. The van der Waals surface area contributed by atoms with Gasteiger partial charge in [0.2, 0.25) is 0 Å². The zero-order chi connectivity index (χ0) is 15.5. The van der Waals surface area contributed by atoms with Crippen molar-refractivity contribution in [2.45, 2.75) is 19.4 Å². The first kappa shape index (κ1) is 14.8. The highest BCUT2D eigenvalue weighted by molar-refractivity contribution is 5.87. The number of hydrogen-bond donors (Lipinski definition) is 1. The highest BCUT2D eigenvalue weighted by Crippen LogP contribution is 2.27. The number of hydrogen-bond acceptors (Lipinski definition) is 3. The van der Waals surface area contributed by atoms with Crippen LogP contribution in [0.4, 0.5) is 4.53 Å². The molecule has 2 aromatic rings. The molecule has 2 aromatic carbocycles. The van der Waals surface area contributed by atoms with Crippen LogP contribution in [0.2, 0.25) is 0 Å². The van der Waals surface area contributed by atoms with Crippen molar-refractivity contribution >= 4 is 16.7 Å². The molecule has 0 radical (unpaired) electrons. The molecule has 0 spiro atoms. The van der Waals surface area contributed by atoms with Gasteiger partial charge in [-0.25, -0.2) is 0 Å². The topological polar surface area (TPSA) is 49.8 Å². The molecule has 1 aliphatic heterocycles. The van der Waals surface area contributed by atoms with E-state index in [4.69, 9.17) is 5.11 Å². The summed E-state index contributed by atoms with van der Waals surface area (Å²) >= 11 is 0. The molecule has 0 amide bonds. The van der Waals surface area contributed by atoms with Crippen molar-refractivity contribution in [2.75, 3.05) is 13.1 Å². The van der Waals surface area contributed by atoms with E-state index in [1.165, 1.54) is 0 Å². The van der Waals surface area contributed by atoms with E-state index in [0.29, 0.717) is 12.8 Å². The normalized spacial score (nSPS) is 16.8. The lowest BCUT2D eigenvalue weighted by Gasteiger charge is -2.30. The second-order valence-corrected chi connectivity index (χ2v) is 5.77. The van der Waals surface area contributed by atoms with E-state index < -0.39 is 5.97 Å². The molecule has 0 aliphatic carbocycles. The summed E-state index contributed by atoms with van der Waals surface area (Å²) in [6.07, 6.45) is 1.36. The van der Waals surface area contributed by atoms with Crippen molar-refractivity contribution < 1.29 is 19.4 Å². The lowest BCUT2D eigenvalue weighted by Crippen LogP contribution is -2.35. The van der Waals surface area contributed by atoms with Crippen LogP contribution in [0.5, 0.6) is 5.75 Å². The average molecular weight is 303 g/mol. The summed E-state index contributed by atoms with van der Waals surface area (Å²) in [4.78, 5) is 17.1. The third-order valence-corrected chi connectivity index (χ3v) is 4.36. The maximum absolute atomic E-state index is 12.4. The van der Waals surface area contributed by atoms with Crippen molar-refractivity contribution in [1.29, 1.82) is 0 Å². The molecular weight excluding hydrogens is 285 g/mol. The molecule has 0 atom stereocenters. The van der Waals surface area contributed by atoms with E-state index in [2.05, 4.69) is 9.84 Å². The third kappa shape index (κ3) is 3.04. The van der Waals surface area contributed by atoms with Crippen LogP contribution in [0.3, 0.4) is 0 Å². The van der Waals surface area contributed by atoms with Gasteiger partial charge in [-0.05, 0) is 54.4 Å². The van der Waals surface area contributed by atoms with Crippen LogP contribution >= 0.6 is 0 Å². The van der Waals surface area contributed by atoms with E-state index in [1.54, 1.807) is 12.1 Å². The zero-order valence-corrected chi connectivity index (χ0v) is 12.2. The van der Waals surface area contributed by atoms with Gasteiger partial charge in [0.15, 0.2) is 5.75 Å². The van der Waals surface area contributed by atoms with Crippen LogP contribution in [-0.2, 0) is 11.3 Å². The fourth-order valence-electron chi connectivity index (χ4n) is 3.08. The van der Waals surface area contributed by atoms with Crippen molar-refractivity contribution in [1.82, 2.24) is 4.90 Å². The van der Waals surface area contributed by atoms with Crippen molar-refractivity contribution in [2.24, 2.45) is 5.92 Å². The molecule has 1 aliphatic rings. The van der Waals surface area contributed by atoms with E-state index >= 15 is 0 Å². The van der Waals surface area contributed by atoms with Gasteiger partial charge in [-0.2, -0.15) is 0 Å². The van der Waals surface area contributed by atoms with Gasteiger partial charge in [0.1, 0.15) is 0 Å². The maximum Gasteiger partial charge on any atom is 0.306 e. The summed E-state index contributed by atoms with van der Waals surface area (Å²) in [5.74, 6) is -0.727.